The summed E-state index contributed by atoms with van der Waals surface area (Å²) in [5, 5.41) is 13.9. The van der Waals surface area contributed by atoms with E-state index in [2.05, 4.69) is 24.1 Å². The fourth-order valence-electron chi connectivity index (χ4n) is 3.13. The quantitative estimate of drug-likeness (QED) is 0.479. The maximum atomic E-state index is 12.0. The number of rotatable bonds is 10. The van der Waals surface area contributed by atoms with E-state index < -0.39 is 4.92 Å². The lowest BCUT2D eigenvalue weighted by Gasteiger charge is -2.27. The molecule has 1 aromatic carbocycles. The summed E-state index contributed by atoms with van der Waals surface area (Å²) < 4.78 is 2.50. The molecule has 0 amide bonds. The largest absolute Gasteiger partial charge is 0.370 e. The lowest BCUT2D eigenvalue weighted by molar-refractivity contribution is -0.384. The number of aryl methyl sites for hydroxylation is 1. The molecule has 29 heavy (non-hydrogen) atoms. The molecule has 1 aromatic heterocycles. The van der Waals surface area contributed by atoms with Crippen LogP contribution in [-0.4, -0.2) is 44.6 Å². The van der Waals surface area contributed by atoms with Gasteiger partial charge in [-0.1, -0.05) is 12.1 Å². The van der Waals surface area contributed by atoms with E-state index in [1.54, 1.807) is 19.2 Å². The Hall–Kier alpha value is -2.94. The predicted molar refractivity (Wildman–Crippen MR) is 114 cm³/mol. The summed E-state index contributed by atoms with van der Waals surface area (Å²) in [4.78, 5) is 36.5. The minimum absolute atomic E-state index is 0.105. The number of nitro benzene ring substituents is 1. The topological polar surface area (TPSA) is 102 Å². The average Bonchev–Trinajstić information content (AvgIpc) is 2.69. The van der Waals surface area contributed by atoms with Gasteiger partial charge >= 0.3 is 5.69 Å². The number of non-ortho nitro benzene ring substituents is 1. The molecule has 2 rings (SSSR count). The fourth-order valence-corrected chi connectivity index (χ4v) is 3.13. The summed E-state index contributed by atoms with van der Waals surface area (Å²) >= 11 is 0. The molecule has 1 heterocycles. The maximum absolute atomic E-state index is 12.0. The minimum atomic E-state index is -0.393. The third-order valence-electron chi connectivity index (χ3n) is 5.02. The fraction of sp³-hybridized carbons (Fsp3) is 0.500. The summed E-state index contributed by atoms with van der Waals surface area (Å²) in [5.74, 6) is 0.507. The molecule has 0 spiro atoms. The number of hydrogen-bond donors (Lipinski definition) is 1. The average molecular weight is 403 g/mol. The lowest BCUT2D eigenvalue weighted by Crippen LogP contribution is -2.39. The van der Waals surface area contributed by atoms with Gasteiger partial charge in [0.1, 0.15) is 5.82 Å². The molecular weight excluding hydrogens is 374 g/mol. The van der Waals surface area contributed by atoms with Gasteiger partial charge < -0.3 is 5.32 Å². The number of nitro groups is 1. The van der Waals surface area contributed by atoms with Crippen LogP contribution in [0.3, 0.4) is 0 Å². The summed E-state index contributed by atoms with van der Waals surface area (Å²) in [7, 11) is 3.09. The molecule has 0 bridgehead atoms. The summed E-state index contributed by atoms with van der Waals surface area (Å²) in [6.45, 7) is 6.50. The Bertz CT molecular complexity index is 947. The van der Waals surface area contributed by atoms with E-state index in [1.807, 2.05) is 0 Å². The van der Waals surface area contributed by atoms with Crippen LogP contribution < -0.4 is 16.6 Å². The number of anilines is 1. The molecule has 0 aliphatic carbocycles. The van der Waals surface area contributed by atoms with E-state index in [4.69, 9.17) is 0 Å². The van der Waals surface area contributed by atoms with E-state index in [1.165, 1.54) is 29.8 Å². The van der Waals surface area contributed by atoms with Crippen LogP contribution in [0.25, 0.3) is 0 Å². The Labute approximate surface area is 169 Å². The smallest absolute Gasteiger partial charge is 0.332 e. The van der Waals surface area contributed by atoms with Crippen LogP contribution in [0.1, 0.15) is 25.8 Å². The standard InChI is InChI=1S/C20H29N5O4/c1-15(2)24(12-5-6-16-7-9-17(10-8-16)25(28)29)13-11-21-18-14-19(26)23(4)20(27)22(18)3/h7-10,14-15,21H,5-6,11-13H2,1-4H3. The van der Waals surface area contributed by atoms with Crippen molar-refractivity contribution in [2.75, 3.05) is 25.0 Å². The first-order valence-electron chi connectivity index (χ1n) is 9.69. The van der Waals surface area contributed by atoms with Gasteiger partial charge in [-0.15, -0.1) is 0 Å². The zero-order valence-corrected chi connectivity index (χ0v) is 17.4. The Morgan fingerprint density at radius 3 is 2.34 bits per heavy atom. The highest BCUT2D eigenvalue weighted by molar-refractivity contribution is 5.34. The second kappa shape index (κ2) is 10.0. The zero-order chi connectivity index (χ0) is 21.6. The Morgan fingerprint density at radius 2 is 1.76 bits per heavy atom. The van der Waals surface area contributed by atoms with Gasteiger partial charge in [-0.2, -0.15) is 0 Å². The van der Waals surface area contributed by atoms with Crippen molar-refractivity contribution in [1.82, 2.24) is 14.0 Å². The molecule has 158 valence electrons. The number of hydrogen-bond acceptors (Lipinski definition) is 6. The van der Waals surface area contributed by atoms with Crippen molar-refractivity contribution in [3.8, 4) is 0 Å². The van der Waals surface area contributed by atoms with Gasteiger partial charge in [0.2, 0.25) is 0 Å². The van der Waals surface area contributed by atoms with Crippen molar-refractivity contribution >= 4 is 11.5 Å². The van der Waals surface area contributed by atoms with Crippen LogP contribution in [-0.2, 0) is 20.5 Å². The Balaban J connectivity index is 1.87. The summed E-state index contributed by atoms with van der Waals surface area (Å²) in [5.41, 5.74) is 0.490. The summed E-state index contributed by atoms with van der Waals surface area (Å²) in [6.07, 6.45) is 1.78. The molecule has 0 saturated heterocycles. The predicted octanol–water partition coefficient (Wildman–Crippen LogP) is 1.75. The molecule has 0 fully saturated rings. The van der Waals surface area contributed by atoms with Crippen LogP contribution in [0.5, 0.6) is 0 Å². The number of nitrogens with zero attached hydrogens (tertiary/aromatic N) is 4. The molecule has 1 N–H and O–H groups in total. The van der Waals surface area contributed by atoms with Gasteiger partial charge in [0.05, 0.1) is 4.92 Å². The van der Waals surface area contributed by atoms with Crippen molar-refractivity contribution < 1.29 is 4.92 Å². The Morgan fingerprint density at radius 1 is 1.10 bits per heavy atom. The molecule has 0 saturated carbocycles. The highest BCUT2D eigenvalue weighted by Gasteiger charge is 2.11. The summed E-state index contributed by atoms with van der Waals surface area (Å²) in [6, 6.07) is 8.45. The van der Waals surface area contributed by atoms with Gasteiger partial charge in [-0.05, 0) is 38.8 Å². The number of benzene rings is 1. The van der Waals surface area contributed by atoms with Crippen molar-refractivity contribution in [2.24, 2.45) is 14.1 Å². The van der Waals surface area contributed by atoms with Crippen molar-refractivity contribution in [1.29, 1.82) is 0 Å². The van der Waals surface area contributed by atoms with Gasteiger partial charge in [-0.3, -0.25) is 28.9 Å². The third-order valence-corrected chi connectivity index (χ3v) is 5.02. The number of aromatic nitrogens is 2. The molecule has 0 aliphatic rings. The molecule has 0 unspecified atom stereocenters. The van der Waals surface area contributed by atoms with Crippen molar-refractivity contribution in [3.05, 3.63) is 66.8 Å². The van der Waals surface area contributed by atoms with Crippen molar-refractivity contribution in [2.45, 2.75) is 32.7 Å². The van der Waals surface area contributed by atoms with Crippen LogP contribution in [0, 0.1) is 10.1 Å². The van der Waals surface area contributed by atoms with Gasteiger partial charge in [0, 0.05) is 51.4 Å². The van der Waals surface area contributed by atoms with Gasteiger partial charge in [0.25, 0.3) is 11.2 Å². The second-order valence-electron chi connectivity index (χ2n) is 7.35. The molecule has 0 radical (unpaired) electrons. The first-order chi connectivity index (χ1) is 13.7. The molecular formula is C20H29N5O4. The van der Waals surface area contributed by atoms with Crippen LogP contribution in [0.15, 0.2) is 39.9 Å². The van der Waals surface area contributed by atoms with E-state index in [9.17, 15) is 19.7 Å². The SMILES string of the molecule is CC(C)N(CCCc1ccc([N+](=O)[O-])cc1)CCNc1cc(=O)n(C)c(=O)n1C. The first-order valence-corrected chi connectivity index (χ1v) is 9.69. The highest BCUT2D eigenvalue weighted by atomic mass is 16.6. The Kier molecular flexibility index (Phi) is 7.72. The monoisotopic (exact) mass is 403 g/mol. The second-order valence-corrected chi connectivity index (χ2v) is 7.35. The minimum Gasteiger partial charge on any atom is -0.370 e. The molecule has 0 atom stereocenters. The van der Waals surface area contributed by atoms with Gasteiger partial charge in [0.15, 0.2) is 0 Å². The normalized spacial score (nSPS) is 11.2. The zero-order valence-electron chi connectivity index (χ0n) is 17.4. The van der Waals surface area contributed by atoms with E-state index in [0.717, 1.165) is 36.1 Å². The maximum Gasteiger partial charge on any atom is 0.332 e. The number of nitrogens with one attached hydrogen (secondary N) is 1. The van der Waals surface area contributed by atoms with E-state index in [-0.39, 0.29) is 16.9 Å². The van der Waals surface area contributed by atoms with Crippen LogP contribution >= 0.6 is 0 Å². The third kappa shape index (κ3) is 6.02. The van der Waals surface area contributed by atoms with Crippen molar-refractivity contribution in [3.63, 3.8) is 0 Å². The molecule has 2 aromatic rings. The lowest BCUT2D eigenvalue weighted by atomic mass is 10.1. The van der Waals surface area contributed by atoms with E-state index in [0.29, 0.717) is 18.4 Å². The molecule has 9 heteroatoms. The van der Waals surface area contributed by atoms with Crippen LogP contribution in [0.2, 0.25) is 0 Å². The molecule has 0 aliphatic heterocycles. The van der Waals surface area contributed by atoms with Gasteiger partial charge in [-0.25, -0.2) is 4.79 Å². The highest BCUT2D eigenvalue weighted by Crippen LogP contribution is 2.13. The first kappa shape index (κ1) is 22.4. The van der Waals surface area contributed by atoms with E-state index >= 15 is 0 Å². The molecule has 9 nitrogen and oxygen atoms in total. The van der Waals surface area contributed by atoms with Crippen LogP contribution in [0.4, 0.5) is 11.5 Å².